The van der Waals surface area contributed by atoms with E-state index in [0.717, 1.165) is 12.8 Å². The van der Waals surface area contributed by atoms with Gasteiger partial charge in [-0.25, -0.2) is 0 Å². The van der Waals surface area contributed by atoms with Gasteiger partial charge < -0.3 is 9.47 Å². The molecule has 0 aromatic heterocycles. The van der Waals surface area contributed by atoms with E-state index in [2.05, 4.69) is 6.92 Å². The van der Waals surface area contributed by atoms with Gasteiger partial charge in [0.25, 0.3) is 5.69 Å². The molecule has 0 unspecified atom stereocenters. The van der Waals surface area contributed by atoms with E-state index in [4.69, 9.17) is 9.47 Å². The number of nitrogens with zero attached hydrogens (tertiary/aromatic N) is 1. The van der Waals surface area contributed by atoms with E-state index in [1.807, 2.05) is 0 Å². The summed E-state index contributed by atoms with van der Waals surface area (Å²) in [6.07, 6.45) is 14.0. The van der Waals surface area contributed by atoms with Crippen LogP contribution in [0.2, 0.25) is 0 Å². The van der Waals surface area contributed by atoms with Gasteiger partial charge in [-0.15, -0.1) is 0 Å². The molecule has 0 saturated carbocycles. The molecule has 0 amide bonds. The maximum Gasteiger partial charge on any atom is 0.270 e. The number of methoxy groups -OCH3 is 1. The number of allylic oxidation sites excluding steroid dienone is 1. The molecule has 0 aliphatic carbocycles. The quantitative estimate of drug-likeness (QED) is 0.0869. The van der Waals surface area contributed by atoms with Crippen molar-refractivity contribution in [2.24, 2.45) is 0 Å². The summed E-state index contributed by atoms with van der Waals surface area (Å²) >= 11 is 0. The van der Waals surface area contributed by atoms with Gasteiger partial charge in [0.15, 0.2) is 5.78 Å². The lowest BCUT2D eigenvalue weighted by Crippen LogP contribution is -2.00. The number of ketones is 1. The predicted octanol–water partition coefficient (Wildman–Crippen LogP) is 7.41. The van der Waals surface area contributed by atoms with Crippen LogP contribution in [0.15, 0.2) is 48.5 Å². The molecule has 0 spiro atoms. The topological polar surface area (TPSA) is 78.7 Å². The molecule has 0 N–H and O–H groups in total. The number of hydrogen-bond acceptors (Lipinski definition) is 5. The highest BCUT2D eigenvalue weighted by molar-refractivity contribution is 6.07. The number of carbonyl (C=O) groups is 1. The monoisotopic (exact) mass is 453 g/mol. The van der Waals surface area contributed by atoms with Gasteiger partial charge in [0, 0.05) is 23.3 Å². The normalized spacial score (nSPS) is 11.0. The number of non-ortho nitro benzene ring substituents is 1. The molecule has 0 aliphatic heterocycles. The molecule has 178 valence electrons. The molecule has 6 heteroatoms. The van der Waals surface area contributed by atoms with E-state index in [9.17, 15) is 14.9 Å². The van der Waals surface area contributed by atoms with Gasteiger partial charge in [0.05, 0.1) is 18.6 Å². The Morgan fingerprint density at radius 3 is 2.18 bits per heavy atom. The van der Waals surface area contributed by atoms with Crippen molar-refractivity contribution in [1.29, 1.82) is 0 Å². The molecular formula is C27H35NO5. The number of rotatable bonds is 16. The van der Waals surface area contributed by atoms with Gasteiger partial charge in [0.2, 0.25) is 0 Å². The van der Waals surface area contributed by atoms with Crippen molar-refractivity contribution >= 4 is 17.5 Å². The number of unbranched alkanes of at least 4 members (excludes halogenated alkanes) is 8. The van der Waals surface area contributed by atoms with Crippen LogP contribution < -0.4 is 9.47 Å². The second kappa shape index (κ2) is 14.8. The maximum absolute atomic E-state index is 12.5. The summed E-state index contributed by atoms with van der Waals surface area (Å²) in [6, 6.07) is 11.3. The van der Waals surface area contributed by atoms with Crippen LogP contribution in [-0.2, 0) is 0 Å². The minimum Gasteiger partial charge on any atom is -0.497 e. The average Bonchev–Trinajstić information content (AvgIpc) is 2.84. The molecule has 6 nitrogen and oxygen atoms in total. The third-order valence-corrected chi connectivity index (χ3v) is 5.50. The molecule has 0 radical (unpaired) electrons. The van der Waals surface area contributed by atoms with Gasteiger partial charge in [-0.2, -0.15) is 0 Å². The number of benzene rings is 2. The Morgan fingerprint density at radius 1 is 0.939 bits per heavy atom. The molecule has 2 aromatic rings. The van der Waals surface area contributed by atoms with Crippen molar-refractivity contribution in [3.63, 3.8) is 0 Å². The first kappa shape index (κ1) is 26.1. The summed E-state index contributed by atoms with van der Waals surface area (Å²) in [5.41, 5.74) is 0.985. The first-order chi connectivity index (χ1) is 16.0. The van der Waals surface area contributed by atoms with E-state index in [-0.39, 0.29) is 11.5 Å². The molecule has 2 aromatic carbocycles. The number of nitro groups is 1. The van der Waals surface area contributed by atoms with Gasteiger partial charge in [-0.3, -0.25) is 14.9 Å². The highest BCUT2D eigenvalue weighted by Gasteiger charge is 2.11. The second-order valence-corrected chi connectivity index (χ2v) is 8.08. The fourth-order valence-corrected chi connectivity index (χ4v) is 3.52. The molecule has 0 bridgehead atoms. The Balaban J connectivity index is 1.91. The number of nitro benzene ring substituents is 1. The summed E-state index contributed by atoms with van der Waals surface area (Å²) in [7, 11) is 1.56. The summed E-state index contributed by atoms with van der Waals surface area (Å²) in [6.45, 7) is 2.77. The van der Waals surface area contributed by atoms with E-state index in [1.165, 1.54) is 63.2 Å². The van der Waals surface area contributed by atoms with E-state index >= 15 is 0 Å². The van der Waals surface area contributed by atoms with Crippen LogP contribution in [0.1, 0.15) is 80.6 Å². The van der Waals surface area contributed by atoms with Crippen molar-refractivity contribution in [3.05, 3.63) is 69.8 Å². The van der Waals surface area contributed by atoms with E-state index < -0.39 is 4.92 Å². The Labute approximate surface area is 196 Å². The van der Waals surface area contributed by atoms with Crippen molar-refractivity contribution in [2.45, 2.75) is 64.7 Å². The highest BCUT2D eigenvalue weighted by atomic mass is 16.6. The smallest absolute Gasteiger partial charge is 0.270 e. The summed E-state index contributed by atoms with van der Waals surface area (Å²) < 4.78 is 11.0. The predicted molar refractivity (Wildman–Crippen MR) is 132 cm³/mol. The van der Waals surface area contributed by atoms with Gasteiger partial charge in [-0.1, -0.05) is 58.3 Å². The van der Waals surface area contributed by atoms with Crippen LogP contribution in [-0.4, -0.2) is 24.4 Å². The van der Waals surface area contributed by atoms with Crippen molar-refractivity contribution in [2.75, 3.05) is 13.7 Å². The number of hydrogen-bond donors (Lipinski definition) is 0. The molecular weight excluding hydrogens is 418 g/mol. The molecule has 0 fully saturated rings. The van der Waals surface area contributed by atoms with E-state index in [1.54, 1.807) is 43.5 Å². The van der Waals surface area contributed by atoms with Crippen molar-refractivity contribution < 1.29 is 19.2 Å². The highest BCUT2D eigenvalue weighted by Crippen LogP contribution is 2.26. The van der Waals surface area contributed by atoms with Crippen LogP contribution in [0, 0.1) is 10.1 Å². The van der Waals surface area contributed by atoms with Crippen LogP contribution in [0.5, 0.6) is 11.5 Å². The molecule has 33 heavy (non-hydrogen) atoms. The molecule has 0 heterocycles. The standard InChI is InChI=1S/C27H35NO5/c1-3-4-5-6-7-8-9-10-11-20-33-27-19-15-24(28(30)31)21-23(27)14-18-26(29)22-12-16-25(32-2)17-13-22/h12-19,21H,3-11,20H2,1-2H3/b18-14+. The Hall–Kier alpha value is -3.15. The lowest BCUT2D eigenvalue weighted by Gasteiger charge is -2.09. The molecule has 0 aliphatic rings. The third kappa shape index (κ3) is 9.48. The van der Waals surface area contributed by atoms with Crippen LogP contribution >= 0.6 is 0 Å². The molecule has 0 saturated heterocycles. The maximum atomic E-state index is 12.5. The van der Waals surface area contributed by atoms with Crippen molar-refractivity contribution in [1.82, 2.24) is 0 Å². The molecule has 2 rings (SSSR count). The minimum atomic E-state index is -0.451. The summed E-state index contributed by atoms with van der Waals surface area (Å²) in [5.74, 6) is 1.01. The summed E-state index contributed by atoms with van der Waals surface area (Å²) in [4.78, 5) is 23.2. The fraction of sp³-hybridized carbons (Fsp3) is 0.444. The zero-order chi connectivity index (χ0) is 23.9. The lowest BCUT2D eigenvalue weighted by atomic mass is 10.1. The number of carbonyl (C=O) groups excluding carboxylic acids is 1. The van der Waals surface area contributed by atoms with Crippen LogP contribution in [0.4, 0.5) is 5.69 Å². The Morgan fingerprint density at radius 2 is 1.58 bits per heavy atom. The zero-order valence-corrected chi connectivity index (χ0v) is 19.8. The van der Waals surface area contributed by atoms with E-state index in [0.29, 0.717) is 29.2 Å². The van der Waals surface area contributed by atoms with Gasteiger partial charge >= 0.3 is 0 Å². The first-order valence-electron chi connectivity index (χ1n) is 11.8. The largest absolute Gasteiger partial charge is 0.497 e. The third-order valence-electron chi connectivity index (χ3n) is 5.50. The number of ether oxygens (including phenoxy) is 2. The summed E-state index contributed by atoms with van der Waals surface area (Å²) in [5, 5.41) is 11.2. The molecule has 0 atom stereocenters. The van der Waals surface area contributed by atoms with Gasteiger partial charge in [0.1, 0.15) is 11.5 Å². The van der Waals surface area contributed by atoms with Crippen LogP contribution in [0.25, 0.3) is 6.08 Å². The fourth-order valence-electron chi connectivity index (χ4n) is 3.52. The zero-order valence-electron chi connectivity index (χ0n) is 19.8. The van der Waals surface area contributed by atoms with Gasteiger partial charge in [-0.05, 0) is 48.9 Å². The minimum absolute atomic E-state index is 0.0398. The average molecular weight is 454 g/mol. The second-order valence-electron chi connectivity index (χ2n) is 8.08. The van der Waals surface area contributed by atoms with Crippen LogP contribution in [0.3, 0.4) is 0 Å². The lowest BCUT2D eigenvalue weighted by molar-refractivity contribution is -0.384. The SMILES string of the molecule is CCCCCCCCCCCOc1ccc([N+](=O)[O-])cc1/C=C/C(=O)c1ccc(OC)cc1. The van der Waals surface area contributed by atoms with Crippen molar-refractivity contribution in [3.8, 4) is 11.5 Å². The Kier molecular flexibility index (Phi) is 11.7. The first-order valence-corrected chi connectivity index (χ1v) is 11.8. The Bertz CT molecular complexity index is 905.